The lowest BCUT2D eigenvalue weighted by Gasteiger charge is -2.38. The van der Waals surface area contributed by atoms with Crippen molar-refractivity contribution in [2.24, 2.45) is 17.8 Å². The van der Waals surface area contributed by atoms with E-state index in [0.29, 0.717) is 41.4 Å². The van der Waals surface area contributed by atoms with E-state index in [2.05, 4.69) is 19.2 Å². The average Bonchev–Trinajstić information content (AvgIpc) is 2.80. The van der Waals surface area contributed by atoms with Gasteiger partial charge < -0.3 is 29.2 Å². The third-order valence-electron chi connectivity index (χ3n) is 6.95. The summed E-state index contributed by atoms with van der Waals surface area (Å²) in [4.78, 5) is 24.1. The summed E-state index contributed by atoms with van der Waals surface area (Å²) in [5.41, 5.74) is 1.54. The number of nitrogens with one attached hydrogen (secondary N) is 1. The van der Waals surface area contributed by atoms with E-state index in [9.17, 15) is 4.79 Å². The molecule has 1 atom stereocenters. The number of benzene rings is 1. The van der Waals surface area contributed by atoms with Crippen molar-refractivity contribution in [3.63, 3.8) is 0 Å². The fourth-order valence-corrected chi connectivity index (χ4v) is 5.15. The molecule has 1 aromatic carbocycles. The number of likely N-dealkylation sites (N-methyl/N-ethyl adjacent to an activating group) is 1. The molecule has 1 saturated carbocycles. The summed E-state index contributed by atoms with van der Waals surface area (Å²) in [6.07, 6.45) is 2.94. The Bertz CT molecular complexity index is 1060. The Morgan fingerprint density at radius 3 is 2.19 bits per heavy atom. The van der Waals surface area contributed by atoms with Gasteiger partial charge in [-0.15, -0.1) is 0 Å². The molecule has 0 unspecified atom stereocenters. The minimum absolute atomic E-state index is 0. The molecular weight excluding hydrogens is 472 g/mol. The maximum atomic E-state index is 12.5. The predicted molar refractivity (Wildman–Crippen MR) is 147 cm³/mol. The molecule has 1 aromatic heterocycles. The number of anilines is 2. The van der Waals surface area contributed by atoms with E-state index in [1.54, 1.807) is 21.3 Å². The molecule has 9 heteroatoms. The number of hydrogen-bond acceptors (Lipinski definition) is 8. The smallest absolute Gasteiger partial charge is 0.247 e. The zero-order valence-electron chi connectivity index (χ0n) is 21.7. The fourth-order valence-electron chi connectivity index (χ4n) is 5.15. The molecule has 37 heavy (non-hydrogen) atoms. The number of nitrogens with zero attached hydrogens (tertiary/aromatic N) is 3. The highest BCUT2D eigenvalue weighted by atomic mass is 16.5. The number of carbonyl (C=O) groups excluding carboxylic acids is 1. The molecule has 2 aliphatic rings. The first-order chi connectivity index (χ1) is 16.7. The van der Waals surface area contributed by atoms with Crippen molar-refractivity contribution in [1.82, 2.24) is 9.97 Å². The largest absolute Gasteiger partial charge is 0.493 e. The van der Waals surface area contributed by atoms with Gasteiger partial charge in [0.05, 0.1) is 33.6 Å². The molecule has 4 rings (SSSR count). The molecule has 1 amide bonds. The van der Waals surface area contributed by atoms with Crippen LogP contribution >= 0.6 is 0 Å². The zero-order valence-corrected chi connectivity index (χ0v) is 21.7. The van der Waals surface area contributed by atoms with Crippen LogP contribution in [-0.2, 0) is 11.2 Å². The average molecular weight is 517 g/mol. The molecule has 1 N–H and O–H groups in total. The number of ether oxygens (including phenoxy) is 4. The van der Waals surface area contributed by atoms with Crippen LogP contribution < -0.4 is 29.2 Å². The van der Waals surface area contributed by atoms with Crippen molar-refractivity contribution < 1.29 is 23.7 Å². The van der Waals surface area contributed by atoms with Crippen LogP contribution in [0.5, 0.6) is 23.0 Å². The maximum Gasteiger partial charge on any atom is 0.247 e. The Labute approximate surface area is 221 Å². The van der Waals surface area contributed by atoms with E-state index in [-0.39, 0.29) is 32.7 Å². The van der Waals surface area contributed by atoms with Gasteiger partial charge >= 0.3 is 0 Å². The summed E-state index contributed by atoms with van der Waals surface area (Å²) in [7, 11) is 6.71. The highest BCUT2D eigenvalue weighted by Crippen LogP contribution is 2.42. The lowest BCUT2D eigenvalue weighted by atomic mass is 9.73. The molecule has 0 spiro atoms. The second-order valence-corrected chi connectivity index (χ2v) is 9.79. The van der Waals surface area contributed by atoms with Gasteiger partial charge in [-0.05, 0) is 37.5 Å². The molecule has 0 bridgehead atoms. The van der Waals surface area contributed by atoms with Crippen LogP contribution in [0.4, 0.5) is 11.5 Å². The SMILES string of the molecule is C.C.COc1cc(OCC2CC(Cc3nc(C)c4c(n3)N(C)[C@@H](C(C)C)C(=O)N4)C2)cc(OC)c1OC. The molecular formula is C28H44N4O5. The van der Waals surface area contributed by atoms with Crippen LogP contribution in [0, 0.1) is 24.7 Å². The van der Waals surface area contributed by atoms with Crippen molar-refractivity contribution in [3.8, 4) is 23.0 Å². The van der Waals surface area contributed by atoms with Crippen LogP contribution in [0.15, 0.2) is 12.1 Å². The van der Waals surface area contributed by atoms with Gasteiger partial charge in [-0.2, -0.15) is 0 Å². The highest BCUT2D eigenvalue weighted by Gasteiger charge is 2.36. The van der Waals surface area contributed by atoms with Crippen LogP contribution in [-0.4, -0.2) is 56.9 Å². The minimum Gasteiger partial charge on any atom is -0.493 e. The molecule has 1 aliphatic carbocycles. The number of carbonyl (C=O) groups is 1. The van der Waals surface area contributed by atoms with E-state index in [1.807, 2.05) is 31.0 Å². The molecule has 2 heterocycles. The quantitative estimate of drug-likeness (QED) is 0.489. The normalized spacial score (nSPS) is 20.1. The first kappa shape index (κ1) is 30.0. The topological polar surface area (TPSA) is 95.0 Å². The number of methoxy groups -OCH3 is 3. The predicted octanol–water partition coefficient (Wildman–Crippen LogP) is 5.14. The van der Waals surface area contributed by atoms with Gasteiger partial charge in [0.2, 0.25) is 11.7 Å². The molecule has 2 aromatic rings. The van der Waals surface area contributed by atoms with Crippen LogP contribution in [0.1, 0.15) is 53.1 Å². The molecule has 0 saturated heterocycles. The van der Waals surface area contributed by atoms with Gasteiger partial charge in [0, 0.05) is 25.6 Å². The zero-order chi connectivity index (χ0) is 25.3. The van der Waals surface area contributed by atoms with Crippen LogP contribution in [0.3, 0.4) is 0 Å². The molecule has 1 fully saturated rings. The monoisotopic (exact) mass is 516 g/mol. The first-order valence-electron chi connectivity index (χ1n) is 12.1. The summed E-state index contributed by atoms with van der Waals surface area (Å²) in [6.45, 7) is 6.66. The first-order valence-corrected chi connectivity index (χ1v) is 12.1. The lowest BCUT2D eigenvalue weighted by molar-refractivity contribution is -0.118. The summed E-state index contributed by atoms with van der Waals surface area (Å²) in [5, 5.41) is 3.01. The summed E-state index contributed by atoms with van der Waals surface area (Å²) < 4.78 is 22.2. The second kappa shape index (κ2) is 12.3. The van der Waals surface area contributed by atoms with Gasteiger partial charge in [-0.25, -0.2) is 9.97 Å². The van der Waals surface area contributed by atoms with E-state index < -0.39 is 0 Å². The number of rotatable bonds is 9. The Kier molecular flexibility index (Phi) is 10.0. The van der Waals surface area contributed by atoms with Crippen molar-refractivity contribution in [2.75, 3.05) is 45.2 Å². The van der Waals surface area contributed by atoms with Gasteiger partial charge in [-0.1, -0.05) is 28.7 Å². The van der Waals surface area contributed by atoms with E-state index in [1.165, 1.54) is 0 Å². The summed E-state index contributed by atoms with van der Waals surface area (Å²) in [5.74, 6) is 5.23. The number of amides is 1. The second-order valence-electron chi connectivity index (χ2n) is 9.79. The van der Waals surface area contributed by atoms with Gasteiger partial charge in [0.25, 0.3) is 0 Å². The van der Waals surface area contributed by atoms with E-state index in [4.69, 9.17) is 28.9 Å². The standard InChI is InChI=1S/C26H36N4O5.2CH4/c1-14(2)23-26(31)29-22-15(3)27-21(28-25(22)30(23)4)10-16-8-17(9-16)13-35-18-11-19(32-5)24(34-7)20(12-18)33-6;;/h11-12,14,16-17,23H,8-10,13H2,1-7H3,(H,29,31);2*1H4/t16?,17?,23-;;/m0../s1. The molecule has 9 nitrogen and oxygen atoms in total. The van der Waals surface area contributed by atoms with Gasteiger partial charge in [0.15, 0.2) is 17.3 Å². The van der Waals surface area contributed by atoms with Gasteiger partial charge in [-0.3, -0.25) is 4.79 Å². The van der Waals surface area contributed by atoms with Crippen molar-refractivity contribution in [1.29, 1.82) is 0 Å². The van der Waals surface area contributed by atoms with Crippen molar-refractivity contribution in [3.05, 3.63) is 23.7 Å². The molecule has 206 valence electrons. The minimum atomic E-state index is -0.231. The highest BCUT2D eigenvalue weighted by molar-refractivity contribution is 6.03. The van der Waals surface area contributed by atoms with Crippen LogP contribution in [0.2, 0.25) is 0 Å². The van der Waals surface area contributed by atoms with Crippen LogP contribution in [0.25, 0.3) is 0 Å². The molecule has 1 aliphatic heterocycles. The molecule has 0 radical (unpaired) electrons. The fraction of sp³-hybridized carbons (Fsp3) is 0.607. The number of fused-ring (bicyclic) bond motifs is 1. The van der Waals surface area contributed by atoms with Crippen molar-refractivity contribution >= 4 is 17.4 Å². The van der Waals surface area contributed by atoms with E-state index in [0.717, 1.165) is 42.3 Å². The van der Waals surface area contributed by atoms with Crippen molar-refractivity contribution in [2.45, 2.75) is 60.9 Å². The Hall–Kier alpha value is -3.23. The third kappa shape index (κ3) is 6.02. The number of aromatic nitrogens is 2. The Morgan fingerprint density at radius 2 is 1.65 bits per heavy atom. The maximum absolute atomic E-state index is 12.5. The van der Waals surface area contributed by atoms with Gasteiger partial charge in [0.1, 0.15) is 23.3 Å². The Balaban J connectivity index is 0.00000241. The lowest BCUT2D eigenvalue weighted by Crippen LogP contribution is -2.49. The number of hydrogen-bond donors (Lipinski definition) is 1. The summed E-state index contributed by atoms with van der Waals surface area (Å²) in [6, 6.07) is 3.41. The number of aryl methyl sites for hydroxylation is 1. The summed E-state index contributed by atoms with van der Waals surface area (Å²) >= 11 is 0. The van der Waals surface area contributed by atoms with E-state index >= 15 is 0 Å². The Morgan fingerprint density at radius 1 is 1.03 bits per heavy atom. The third-order valence-corrected chi connectivity index (χ3v) is 6.95.